The van der Waals surface area contributed by atoms with Gasteiger partial charge in [0.25, 0.3) is 5.56 Å². The molecule has 4 nitrogen and oxygen atoms in total. The Bertz CT molecular complexity index is 380. The van der Waals surface area contributed by atoms with Crippen molar-refractivity contribution in [3.05, 3.63) is 21.2 Å². The molecule has 6 heteroatoms. The van der Waals surface area contributed by atoms with Crippen LogP contribution in [0, 0.1) is 0 Å². The highest BCUT2D eigenvalue weighted by atomic mass is 79.9. The van der Waals surface area contributed by atoms with Crippen LogP contribution in [0.5, 0.6) is 0 Å². The van der Waals surface area contributed by atoms with Gasteiger partial charge in [-0.1, -0.05) is 0 Å². The average molecular weight is 295 g/mol. The Kier molecular flexibility index (Phi) is 4.60. The molecule has 2 unspecified atom stereocenters. The van der Waals surface area contributed by atoms with E-state index in [2.05, 4.69) is 31.2 Å². The lowest BCUT2D eigenvalue weighted by Gasteiger charge is -2.15. The zero-order chi connectivity index (χ0) is 11.4. The van der Waals surface area contributed by atoms with Crippen LogP contribution in [0.15, 0.2) is 15.6 Å². The van der Waals surface area contributed by atoms with Gasteiger partial charge in [-0.05, 0) is 36.2 Å². The normalized spacial score (nSPS) is 14.7. The molecular weight excluding hydrogens is 281 g/mol. The number of anilines is 1. The van der Waals surface area contributed by atoms with Crippen molar-refractivity contribution in [2.75, 3.05) is 5.32 Å². The summed E-state index contributed by atoms with van der Waals surface area (Å²) in [6.45, 7) is 3.92. The molecular formula is C9H13BrClN3O. The molecule has 1 rings (SSSR count). The van der Waals surface area contributed by atoms with E-state index in [1.54, 1.807) is 0 Å². The highest BCUT2D eigenvalue weighted by Crippen LogP contribution is 2.16. The fourth-order valence-corrected chi connectivity index (χ4v) is 1.86. The number of nitrogens with one attached hydrogen (secondary N) is 2. The Hall–Kier alpha value is -0.550. The molecule has 0 saturated carbocycles. The van der Waals surface area contributed by atoms with E-state index in [1.807, 2.05) is 13.8 Å². The molecule has 0 saturated heterocycles. The summed E-state index contributed by atoms with van der Waals surface area (Å²) in [6.07, 6.45) is 2.18. The van der Waals surface area contributed by atoms with Crippen molar-refractivity contribution in [2.24, 2.45) is 0 Å². The van der Waals surface area contributed by atoms with Crippen LogP contribution >= 0.6 is 27.5 Å². The van der Waals surface area contributed by atoms with E-state index in [0.29, 0.717) is 10.3 Å². The molecule has 2 N–H and O–H groups in total. The molecule has 0 bridgehead atoms. The zero-order valence-electron chi connectivity index (χ0n) is 8.55. The first-order valence-electron chi connectivity index (χ1n) is 4.64. The predicted molar refractivity (Wildman–Crippen MR) is 65.6 cm³/mol. The van der Waals surface area contributed by atoms with Crippen molar-refractivity contribution in [1.82, 2.24) is 9.97 Å². The van der Waals surface area contributed by atoms with Crippen LogP contribution in [0.4, 0.5) is 5.82 Å². The van der Waals surface area contributed by atoms with Gasteiger partial charge in [0.1, 0.15) is 10.3 Å². The van der Waals surface area contributed by atoms with Crippen LogP contribution in [0.3, 0.4) is 0 Å². The van der Waals surface area contributed by atoms with E-state index in [0.717, 1.165) is 6.42 Å². The third-order valence-corrected chi connectivity index (χ3v) is 2.77. The minimum Gasteiger partial charge on any atom is -0.366 e. The molecule has 15 heavy (non-hydrogen) atoms. The fraction of sp³-hybridized carbons (Fsp3) is 0.556. The van der Waals surface area contributed by atoms with Gasteiger partial charge in [-0.25, -0.2) is 4.98 Å². The standard InChI is InChI=1S/C9H13BrClN3O/c1-5(11)3-6(2)14-8-7(10)9(15)13-4-12-8/h4-6H,3H2,1-2H3,(H2,12,13,14,15). The molecule has 84 valence electrons. The molecule has 0 spiro atoms. The number of nitrogens with zero attached hydrogens (tertiary/aromatic N) is 1. The second kappa shape index (κ2) is 5.51. The van der Waals surface area contributed by atoms with Crippen molar-refractivity contribution in [3.8, 4) is 0 Å². The van der Waals surface area contributed by atoms with E-state index in [4.69, 9.17) is 11.6 Å². The molecule has 0 aliphatic carbocycles. The third kappa shape index (κ3) is 3.83. The summed E-state index contributed by atoms with van der Waals surface area (Å²) in [5.74, 6) is 0.545. The Balaban J connectivity index is 2.72. The van der Waals surface area contributed by atoms with Crippen LogP contribution < -0.4 is 10.9 Å². The molecule has 0 aromatic carbocycles. The maximum atomic E-state index is 11.2. The zero-order valence-corrected chi connectivity index (χ0v) is 10.9. The number of H-pyrrole nitrogens is 1. The first-order chi connectivity index (χ1) is 7.00. The van der Waals surface area contributed by atoms with E-state index < -0.39 is 0 Å². The van der Waals surface area contributed by atoms with Gasteiger partial charge in [0.2, 0.25) is 0 Å². The van der Waals surface area contributed by atoms with Gasteiger partial charge < -0.3 is 10.3 Å². The lowest BCUT2D eigenvalue weighted by Crippen LogP contribution is -2.21. The topological polar surface area (TPSA) is 57.8 Å². The predicted octanol–water partition coefficient (Wildman–Crippen LogP) is 2.35. The molecule has 1 heterocycles. The first kappa shape index (κ1) is 12.5. The third-order valence-electron chi connectivity index (χ3n) is 1.86. The lowest BCUT2D eigenvalue weighted by atomic mass is 10.2. The second-order valence-corrected chi connectivity index (χ2v) is 4.99. The smallest absolute Gasteiger partial charge is 0.267 e. The van der Waals surface area contributed by atoms with Crippen LogP contribution in [-0.4, -0.2) is 21.4 Å². The number of aromatic amines is 1. The van der Waals surface area contributed by atoms with Gasteiger partial charge in [-0.3, -0.25) is 4.79 Å². The van der Waals surface area contributed by atoms with Crippen LogP contribution in [0.25, 0.3) is 0 Å². The Morgan fingerprint density at radius 1 is 1.67 bits per heavy atom. The monoisotopic (exact) mass is 293 g/mol. The van der Waals surface area contributed by atoms with Crippen LogP contribution in [-0.2, 0) is 0 Å². The molecule has 1 aromatic heterocycles. The highest BCUT2D eigenvalue weighted by molar-refractivity contribution is 9.10. The number of hydrogen-bond acceptors (Lipinski definition) is 3. The van der Waals surface area contributed by atoms with Gasteiger partial charge in [0.15, 0.2) is 0 Å². The molecule has 0 amide bonds. The highest BCUT2D eigenvalue weighted by Gasteiger charge is 2.10. The second-order valence-electron chi connectivity index (χ2n) is 3.46. The minimum atomic E-state index is -0.196. The Morgan fingerprint density at radius 2 is 2.33 bits per heavy atom. The molecule has 1 aromatic rings. The van der Waals surface area contributed by atoms with Crippen LogP contribution in [0.1, 0.15) is 20.3 Å². The van der Waals surface area contributed by atoms with Gasteiger partial charge in [0, 0.05) is 11.4 Å². The molecule has 0 aliphatic rings. The van der Waals surface area contributed by atoms with E-state index in [1.165, 1.54) is 6.33 Å². The maximum Gasteiger partial charge on any atom is 0.267 e. The van der Waals surface area contributed by atoms with Gasteiger partial charge in [0.05, 0.1) is 6.33 Å². The largest absolute Gasteiger partial charge is 0.366 e. The summed E-state index contributed by atoms with van der Waals surface area (Å²) in [5, 5.41) is 3.21. The summed E-state index contributed by atoms with van der Waals surface area (Å²) in [5.41, 5.74) is -0.196. The number of alkyl halides is 1. The van der Waals surface area contributed by atoms with Gasteiger partial charge >= 0.3 is 0 Å². The summed E-state index contributed by atoms with van der Waals surface area (Å²) in [7, 11) is 0. The summed E-state index contributed by atoms with van der Waals surface area (Å²) in [6, 6.07) is 0.170. The van der Waals surface area contributed by atoms with Crippen molar-refractivity contribution >= 4 is 33.3 Å². The first-order valence-corrected chi connectivity index (χ1v) is 5.87. The Labute approximate surface area is 102 Å². The van der Waals surface area contributed by atoms with Crippen molar-refractivity contribution in [3.63, 3.8) is 0 Å². The number of rotatable bonds is 4. The van der Waals surface area contributed by atoms with Crippen molar-refractivity contribution < 1.29 is 0 Å². The van der Waals surface area contributed by atoms with Crippen LogP contribution in [0.2, 0.25) is 0 Å². The number of halogens is 2. The maximum absolute atomic E-state index is 11.2. The average Bonchev–Trinajstić information content (AvgIpc) is 2.11. The summed E-state index contributed by atoms with van der Waals surface area (Å²) in [4.78, 5) is 17.7. The minimum absolute atomic E-state index is 0.0910. The summed E-state index contributed by atoms with van der Waals surface area (Å²) >= 11 is 9.04. The number of hydrogen-bond donors (Lipinski definition) is 2. The van der Waals surface area contributed by atoms with Gasteiger partial charge in [-0.15, -0.1) is 11.6 Å². The number of aromatic nitrogens is 2. The van der Waals surface area contributed by atoms with E-state index in [-0.39, 0.29) is 17.0 Å². The molecule has 0 radical (unpaired) electrons. The van der Waals surface area contributed by atoms with Crippen molar-refractivity contribution in [1.29, 1.82) is 0 Å². The fourth-order valence-electron chi connectivity index (χ4n) is 1.26. The van der Waals surface area contributed by atoms with E-state index >= 15 is 0 Å². The van der Waals surface area contributed by atoms with Crippen molar-refractivity contribution in [2.45, 2.75) is 31.7 Å². The Morgan fingerprint density at radius 3 is 2.93 bits per heavy atom. The summed E-state index contributed by atoms with van der Waals surface area (Å²) < 4.78 is 0.416. The van der Waals surface area contributed by atoms with E-state index in [9.17, 15) is 4.79 Å². The molecule has 0 fully saturated rings. The van der Waals surface area contributed by atoms with Gasteiger partial charge in [-0.2, -0.15) is 0 Å². The molecule has 2 atom stereocenters. The SMILES string of the molecule is CC(Cl)CC(C)Nc1nc[nH]c(=O)c1Br. The molecule has 0 aliphatic heterocycles. The lowest BCUT2D eigenvalue weighted by molar-refractivity contribution is 0.692. The quantitative estimate of drug-likeness (QED) is 0.838.